The second-order valence-corrected chi connectivity index (χ2v) is 5.34. The first-order chi connectivity index (χ1) is 8.91. The molecular formula is C12H16N2O4S. The number of hydrogen-bond donors (Lipinski definition) is 2. The molecule has 19 heavy (non-hydrogen) atoms. The van der Waals surface area contributed by atoms with Crippen molar-refractivity contribution in [2.45, 2.75) is 31.2 Å². The monoisotopic (exact) mass is 284 g/mol. The van der Waals surface area contributed by atoms with Crippen LogP contribution in [0.25, 0.3) is 0 Å². The number of nitrogens with one attached hydrogen (secondary N) is 1. The van der Waals surface area contributed by atoms with Crippen LogP contribution in [0.4, 0.5) is 5.69 Å². The van der Waals surface area contributed by atoms with Gasteiger partial charge in [0.05, 0.1) is 4.92 Å². The molecule has 1 aromatic carbocycles. The van der Waals surface area contributed by atoms with Crippen molar-refractivity contribution in [1.82, 2.24) is 4.72 Å². The van der Waals surface area contributed by atoms with Crippen LogP contribution in [0.3, 0.4) is 0 Å². The number of para-hydroxylation sites is 1. The highest BCUT2D eigenvalue weighted by molar-refractivity contribution is 7.97. The second kappa shape index (κ2) is 7.10. The van der Waals surface area contributed by atoms with Crippen LogP contribution in [0, 0.1) is 16.0 Å². The summed E-state index contributed by atoms with van der Waals surface area (Å²) in [6.45, 7) is 3.85. The van der Waals surface area contributed by atoms with Crippen molar-refractivity contribution in [3.8, 4) is 0 Å². The molecule has 0 fully saturated rings. The molecule has 0 aliphatic carbocycles. The lowest BCUT2D eigenvalue weighted by atomic mass is 10.1. The largest absolute Gasteiger partial charge is 0.480 e. The minimum atomic E-state index is -0.959. The first-order valence-corrected chi connectivity index (χ1v) is 6.62. The van der Waals surface area contributed by atoms with Gasteiger partial charge in [0.15, 0.2) is 0 Å². The summed E-state index contributed by atoms with van der Waals surface area (Å²) in [5, 5.41) is 19.9. The molecule has 0 radical (unpaired) electrons. The maximum atomic E-state index is 11.1. The summed E-state index contributed by atoms with van der Waals surface area (Å²) in [4.78, 5) is 21.8. The number of carboxylic acid groups (broad SMARTS) is 1. The van der Waals surface area contributed by atoms with E-state index in [2.05, 4.69) is 4.72 Å². The molecule has 0 saturated heterocycles. The van der Waals surface area contributed by atoms with Crippen LogP contribution in [0.15, 0.2) is 29.2 Å². The van der Waals surface area contributed by atoms with E-state index in [1.54, 1.807) is 18.2 Å². The molecule has 0 amide bonds. The average molecular weight is 284 g/mol. The third-order valence-electron chi connectivity index (χ3n) is 2.38. The van der Waals surface area contributed by atoms with E-state index < -0.39 is 16.9 Å². The van der Waals surface area contributed by atoms with Crippen molar-refractivity contribution in [3.05, 3.63) is 34.4 Å². The van der Waals surface area contributed by atoms with E-state index in [4.69, 9.17) is 5.11 Å². The van der Waals surface area contributed by atoms with Crippen LogP contribution in [0.1, 0.15) is 20.3 Å². The fourth-order valence-corrected chi connectivity index (χ4v) is 2.36. The predicted molar refractivity (Wildman–Crippen MR) is 73.0 cm³/mol. The van der Waals surface area contributed by atoms with E-state index in [0.29, 0.717) is 11.3 Å². The zero-order chi connectivity index (χ0) is 14.4. The molecule has 104 valence electrons. The fraction of sp³-hybridized carbons (Fsp3) is 0.417. The first kappa shape index (κ1) is 15.5. The van der Waals surface area contributed by atoms with Gasteiger partial charge in [0.25, 0.3) is 5.69 Å². The molecule has 1 atom stereocenters. The highest BCUT2D eigenvalue weighted by Crippen LogP contribution is 2.27. The molecule has 1 rings (SSSR count). The molecule has 0 heterocycles. The van der Waals surface area contributed by atoms with Crippen molar-refractivity contribution in [2.75, 3.05) is 0 Å². The normalized spacial score (nSPS) is 12.4. The maximum Gasteiger partial charge on any atom is 0.321 e. The highest BCUT2D eigenvalue weighted by atomic mass is 32.2. The van der Waals surface area contributed by atoms with Gasteiger partial charge in [-0.05, 0) is 30.4 Å². The molecule has 0 unspecified atom stereocenters. The number of nitro groups is 1. The lowest BCUT2D eigenvalue weighted by Gasteiger charge is -2.15. The Balaban J connectivity index is 2.74. The first-order valence-electron chi connectivity index (χ1n) is 5.80. The van der Waals surface area contributed by atoms with E-state index in [9.17, 15) is 14.9 Å². The predicted octanol–water partition coefficient (Wildman–Crippen LogP) is 2.69. The van der Waals surface area contributed by atoms with Crippen LogP contribution >= 0.6 is 11.9 Å². The number of nitrogens with zero attached hydrogens (tertiary/aromatic N) is 1. The smallest absolute Gasteiger partial charge is 0.321 e. The summed E-state index contributed by atoms with van der Waals surface area (Å²) in [6, 6.07) is 5.50. The summed E-state index contributed by atoms with van der Waals surface area (Å²) < 4.78 is 2.77. The van der Waals surface area contributed by atoms with Crippen LogP contribution in [0.2, 0.25) is 0 Å². The van der Waals surface area contributed by atoms with E-state index in [-0.39, 0.29) is 11.6 Å². The van der Waals surface area contributed by atoms with Crippen LogP contribution < -0.4 is 4.72 Å². The Morgan fingerprint density at radius 2 is 2.11 bits per heavy atom. The van der Waals surface area contributed by atoms with Crippen molar-refractivity contribution in [2.24, 2.45) is 5.92 Å². The van der Waals surface area contributed by atoms with Gasteiger partial charge in [-0.25, -0.2) is 4.72 Å². The van der Waals surface area contributed by atoms with Crippen LogP contribution in [0.5, 0.6) is 0 Å². The average Bonchev–Trinajstić information content (AvgIpc) is 2.34. The summed E-state index contributed by atoms with van der Waals surface area (Å²) in [6.07, 6.45) is 0.461. The molecule has 7 heteroatoms. The standard InChI is InChI=1S/C12H16N2O4S/c1-8(2)7-9(12(15)16)13-19-11-6-4-3-5-10(11)14(17)18/h3-6,8-9,13H,7H2,1-2H3,(H,15,16)/t9-/m1/s1. The van der Waals surface area contributed by atoms with Crippen LogP contribution in [-0.2, 0) is 4.79 Å². The Kier molecular flexibility index (Phi) is 5.78. The molecule has 0 bridgehead atoms. The number of benzene rings is 1. The fourth-order valence-electron chi connectivity index (χ4n) is 1.50. The van der Waals surface area contributed by atoms with E-state index >= 15 is 0 Å². The molecule has 0 saturated carbocycles. The zero-order valence-corrected chi connectivity index (χ0v) is 11.5. The van der Waals surface area contributed by atoms with Gasteiger partial charge in [0, 0.05) is 6.07 Å². The zero-order valence-electron chi connectivity index (χ0n) is 10.7. The van der Waals surface area contributed by atoms with Gasteiger partial charge >= 0.3 is 5.97 Å². The van der Waals surface area contributed by atoms with E-state index in [1.807, 2.05) is 13.8 Å². The Bertz CT molecular complexity index is 465. The van der Waals surface area contributed by atoms with Gasteiger partial charge in [0.2, 0.25) is 0 Å². The number of nitro benzene ring substituents is 1. The summed E-state index contributed by atoms with van der Waals surface area (Å²) in [5.41, 5.74) is -0.0336. The summed E-state index contributed by atoms with van der Waals surface area (Å²) >= 11 is 0.981. The van der Waals surface area contributed by atoms with Crippen molar-refractivity contribution < 1.29 is 14.8 Å². The summed E-state index contributed by atoms with van der Waals surface area (Å²) in [7, 11) is 0. The minimum absolute atomic E-state index is 0.0336. The lowest BCUT2D eigenvalue weighted by Crippen LogP contribution is -2.33. The third kappa shape index (κ3) is 4.88. The third-order valence-corrected chi connectivity index (χ3v) is 3.35. The van der Waals surface area contributed by atoms with Gasteiger partial charge in [-0.2, -0.15) is 0 Å². The number of hydrogen-bond acceptors (Lipinski definition) is 5. The van der Waals surface area contributed by atoms with E-state index in [1.165, 1.54) is 6.07 Å². The summed E-state index contributed by atoms with van der Waals surface area (Å²) in [5.74, 6) is -0.736. The SMILES string of the molecule is CC(C)C[C@@H](NSc1ccccc1[N+](=O)[O-])C(=O)O. The Hall–Kier alpha value is -1.60. The number of carbonyl (C=O) groups is 1. The molecule has 0 aliphatic rings. The van der Waals surface area contributed by atoms with Gasteiger partial charge in [-0.3, -0.25) is 14.9 Å². The lowest BCUT2D eigenvalue weighted by molar-refractivity contribution is -0.387. The van der Waals surface area contributed by atoms with E-state index in [0.717, 1.165) is 11.9 Å². The molecule has 6 nitrogen and oxygen atoms in total. The second-order valence-electron chi connectivity index (χ2n) is 4.47. The highest BCUT2D eigenvalue weighted by Gasteiger charge is 2.20. The van der Waals surface area contributed by atoms with Gasteiger partial charge in [-0.1, -0.05) is 26.0 Å². The number of rotatable bonds is 7. The minimum Gasteiger partial charge on any atom is -0.480 e. The Labute approximate surface area is 115 Å². The van der Waals surface area contributed by atoms with Gasteiger partial charge < -0.3 is 5.11 Å². The van der Waals surface area contributed by atoms with Gasteiger partial charge in [0.1, 0.15) is 10.9 Å². The number of carboxylic acids is 1. The molecule has 0 aliphatic heterocycles. The topological polar surface area (TPSA) is 92.5 Å². The van der Waals surface area contributed by atoms with Gasteiger partial charge in [-0.15, -0.1) is 0 Å². The quantitative estimate of drug-likeness (QED) is 0.454. The molecule has 2 N–H and O–H groups in total. The van der Waals surface area contributed by atoms with Crippen molar-refractivity contribution in [3.63, 3.8) is 0 Å². The Morgan fingerprint density at radius 1 is 1.47 bits per heavy atom. The van der Waals surface area contributed by atoms with Crippen molar-refractivity contribution >= 4 is 23.6 Å². The van der Waals surface area contributed by atoms with Crippen molar-refractivity contribution in [1.29, 1.82) is 0 Å². The molecule has 1 aromatic rings. The molecule has 0 aromatic heterocycles. The molecular weight excluding hydrogens is 268 g/mol. The number of aliphatic carboxylic acids is 1. The maximum absolute atomic E-state index is 11.1. The Morgan fingerprint density at radius 3 is 2.63 bits per heavy atom. The molecule has 0 spiro atoms. The van der Waals surface area contributed by atoms with Crippen LogP contribution in [-0.4, -0.2) is 22.0 Å².